The molecule has 7 heteroatoms. The molecule has 0 aromatic heterocycles. The number of nitrogens with one attached hydrogen (secondary N) is 2. The highest BCUT2D eigenvalue weighted by Gasteiger charge is 2.28. The lowest BCUT2D eigenvalue weighted by atomic mass is 10.2. The average Bonchev–Trinajstić information content (AvgIpc) is 2.65. The molecule has 0 spiro atoms. The molecule has 0 amide bonds. The first-order valence-electron chi connectivity index (χ1n) is 9.12. The van der Waals surface area contributed by atoms with Crippen molar-refractivity contribution in [3.05, 3.63) is 53.6 Å². The minimum absolute atomic E-state index is 0.275. The van der Waals surface area contributed by atoms with Crippen LogP contribution in [0.4, 0.5) is 11.4 Å². The number of aryl methyl sites for hydroxylation is 2. The first-order valence-corrected chi connectivity index (χ1v) is 11.0. The lowest BCUT2D eigenvalue weighted by Crippen LogP contribution is -2.36. The molecule has 3 rings (SSSR count). The van der Waals surface area contributed by atoms with E-state index in [2.05, 4.69) is 10.6 Å². The Labute approximate surface area is 166 Å². The van der Waals surface area contributed by atoms with Crippen molar-refractivity contribution in [2.24, 2.45) is 0 Å². The van der Waals surface area contributed by atoms with E-state index in [4.69, 9.17) is 12.2 Å². The maximum atomic E-state index is 13.2. The molecule has 1 aliphatic heterocycles. The van der Waals surface area contributed by atoms with Crippen LogP contribution in [-0.2, 0) is 10.0 Å². The van der Waals surface area contributed by atoms with Crippen LogP contribution in [0.3, 0.4) is 0 Å². The minimum atomic E-state index is -3.56. The molecule has 1 aliphatic rings. The largest absolute Gasteiger partial charge is 0.332 e. The van der Waals surface area contributed by atoms with Crippen molar-refractivity contribution in [1.82, 2.24) is 4.31 Å². The molecule has 5 nitrogen and oxygen atoms in total. The molecule has 1 heterocycles. The highest BCUT2D eigenvalue weighted by molar-refractivity contribution is 7.89. The summed E-state index contributed by atoms with van der Waals surface area (Å²) in [4.78, 5) is 0.275. The van der Waals surface area contributed by atoms with Gasteiger partial charge in [0.1, 0.15) is 4.90 Å². The first-order chi connectivity index (χ1) is 12.9. The fourth-order valence-electron chi connectivity index (χ4n) is 3.11. The molecule has 2 N–H and O–H groups in total. The number of benzene rings is 2. The molecular formula is C20H25N3O2S2. The fraction of sp³-hybridized carbons (Fsp3) is 0.350. The van der Waals surface area contributed by atoms with E-state index in [0.717, 1.165) is 36.1 Å². The van der Waals surface area contributed by atoms with Crippen molar-refractivity contribution < 1.29 is 8.42 Å². The summed E-state index contributed by atoms with van der Waals surface area (Å²) < 4.78 is 27.9. The highest BCUT2D eigenvalue weighted by atomic mass is 32.2. The summed E-state index contributed by atoms with van der Waals surface area (Å²) in [5.41, 5.74) is 3.41. The number of anilines is 2. The van der Waals surface area contributed by atoms with E-state index < -0.39 is 10.0 Å². The zero-order valence-electron chi connectivity index (χ0n) is 15.7. The molecule has 1 saturated heterocycles. The normalized spacial score (nSPS) is 15.3. The van der Waals surface area contributed by atoms with Crippen molar-refractivity contribution in [2.75, 3.05) is 23.7 Å². The first kappa shape index (κ1) is 19.8. The van der Waals surface area contributed by atoms with Crippen molar-refractivity contribution in [1.29, 1.82) is 0 Å². The Morgan fingerprint density at radius 2 is 1.56 bits per heavy atom. The van der Waals surface area contributed by atoms with Gasteiger partial charge in [-0.05, 0) is 68.7 Å². The van der Waals surface area contributed by atoms with Gasteiger partial charge in [-0.15, -0.1) is 0 Å². The van der Waals surface area contributed by atoms with E-state index in [1.54, 1.807) is 16.4 Å². The molecule has 0 radical (unpaired) electrons. The summed E-state index contributed by atoms with van der Waals surface area (Å²) in [7, 11) is -3.56. The quantitative estimate of drug-likeness (QED) is 0.746. The number of sulfonamides is 1. The summed E-state index contributed by atoms with van der Waals surface area (Å²) in [6.07, 6.45) is 2.89. The van der Waals surface area contributed by atoms with Crippen LogP contribution in [0.1, 0.15) is 30.4 Å². The van der Waals surface area contributed by atoms with Gasteiger partial charge in [0.15, 0.2) is 5.11 Å². The monoisotopic (exact) mass is 403 g/mol. The Hall–Kier alpha value is -1.96. The molecule has 0 bridgehead atoms. The molecule has 27 heavy (non-hydrogen) atoms. The van der Waals surface area contributed by atoms with Crippen LogP contribution in [0.5, 0.6) is 0 Å². The predicted molar refractivity (Wildman–Crippen MR) is 115 cm³/mol. The third-order valence-electron chi connectivity index (χ3n) is 4.63. The molecular weight excluding hydrogens is 378 g/mol. The zero-order valence-corrected chi connectivity index (χ0v) is 17.3. The van der Waals surface area contributed by atoms with Crippen LogP contribution in [-0.4, -0.2) is 30.9 Å². The number of rotatable bonds is 4. The Bertz CT molecular complexity index is 919. The summed E-state index contributed by atoms with van der Waals surface area (Å²) in [5, 5.41) is 6.52. The van der Waals surface area contributed by atoms with Crippen LogP contribution < -0.4 is 10.6 Å². The topological polar surface area (TPSA) is 61.4 Å². The maximum Gasteiger partial charge on any atom is 0.245 e. The molecule has 2 aromatic carbocycles. The molecule has 2 aromatic rings. The van der Waals surface area contributed by atoms with Crippen LogP contribution in [0.25, 0.3) is 0 Å². The highest BCUT2D eigenvalue weighted by Crippen LogP contribution is 2.28. The molecule has 0 unspecified atom stereocenters. The van der Waals surface area contributed by atoms with Gasteiger partial charge in [0.25, 0.3) is 0 Å². The minimum Gasteiger partial charge on any atom is -0.332 e. The van der Waals surface area contributed by atoms with E-state index in [1.807, 2.05) is 44.2 Å². The SMILES string of the molecule is Cc1ccc(NC(=S)Nc2ccc(C)cc2S(=O)(=O)N2CCCCC2)cc1. The molecule has 0 atom stereocenters. The Morgan fingerprint density at radius 1 is 0.926 bits per heavy atom. The average molecular weight is 404 g/mol. The second-order valence-electron chi connectivity index (χ2n) is 6.91. The van der Waals surface area contributed by atoms with Crippen molar-refractivity contribution in [3.8, 4) is 0 Å². The number of thiocarbonyl (C=S) groups is 1. The van der Waals surface area contributed by atoms with Gasteiger partial charge in [0.2, 0.25) is 10.0 Å². The fourth-order valence-corrected chi connectivity index (χ4v) is 5.09. The summed E-state index contributed by atoms with van der Waals surface area (Å²) in [5.74, 6) is 0. The van der Waals surface area contributed by atoms with Gasteiger partial charge in [-0.1, -0.05) is 30.2 Å². The maximum absolute atomic E-state index is 13.2. The Balaban J connectivity index is 1.83. The summed E-state index contributed by atoms with van der Waals surface area (Å²) in [6.45, 7) is 5.05. The molecule has 1 fully saturated rings. The Kier molecular flexibility index (Phi) is 6.14. The van der Waals surface area contributed by atoms with Gasteiger partial charge in [-0.2, -0.15) is 4.31 Å². The van der Waals surface area contributed by atoms with Crippen LogP contribution >= 0.6 is 12.2 Å². The molecule has 144 valence electrons. The second kappa shape index (κ2) is 8.37. The number of hydrogen-bond donors (Lipinski definition) is 2. The smallest absolute Gasteiger partial charge is 0.245 e. The van der Waals surface area contributed by atoms with E-state index in [1.165, 1.54) is 0 Å². The number of hydrogen-bond acceptors (Lipinski definition) is 3. The van der Waals surface area contributed by atoms with Gasteiger partial charge < -0.3 is 10.6 Å². The van der Waals surface area contributed by atoms with Crippen molar-refractivity contribution in [3.63, 3.8) is 0 Å². The molecule has 0 aliphatic carbocycles. The van der Waals surface area contributed by atoms with Gasteiger partial charge in [-0.25, -0.2) is 8.42 Å². The summed E-state index contributed by atoms with van der Waals surface area (Å²) >= 11 is 5.39. The van der Waals surface area contributed by atoms with Gasteiger partial charge >= 0.3 is 0 Å². The van der Waals surface area contributed by atoms with Crippen molar-refractivity contribution in [2.45, 2.75) is 38.0 Å². The van der Waals surface area contributed by atoms with E-state index in [0.29, 0.717) is 23.9 Å². The summed E-state index contributed by atoms with van der Waals surface area (Å²) in [6, 6.07) is 13.2. The molecule has 0 saturated carbocycles. The van der Waals surface area contributed by atoms with Crippen LogP contribution in [0.15, 0.2) is 47.4 Å². The van der Waals surface area contributed by atoms with E-state index in [-0.39, 0.29) is 4.90 Å². The second-order valence-corrected chi connectivity index (χ2v) is 9.22. The van der Waals surface area contributed by atoms with Gasteiger partial charge in [0.05, 0.1) is 5.69 Å². The van der Waals surface area contributed by atoms with E-state index >= 15 is 0 Å². The zero-order chi connectivity index (χ0) is 19.4. The van der Waals surface area contributed by atoms with E-state index in [9.17, 15) is 8.42 Å². The van der Waals surface area contributed by atoms with Crippen LogP contribution in [0.2, 0.25) is 0 Å². The van der Waals surface area contributed by atoms with Crippen molar-refractivity contribution >= 4 is 38.7 Å². The number of nitrogens with zero attached hydrogens (tertiary/aromatic N) is 1. The predicted octanol–water partition coefficient (Wildman–Crippen LogP) is 4.29. The lowest BCUT2D eigenvalue weighted by molar-refractivity contribution is 0.347. The van der Waals surface area contributed by atoms with Crippen LogP contribution in [0, 0.1) is 13.8 Å². The Morgan fingerprint density at radius 3 is 2.22 bits per heavy atom. The lowest BCUT2D eigenvalue weighted by Gasteiger charge is -2.27. The van der Waals surface area contributed by atoms with Gasteiger partial charge in [0, 0.05) is 18.8 Å². The third-order valence-corrected chi connectivity index (χ3v) is 6.77. The van der Waals surface area contributed by atoms with Gasteiger partial charge in [-0.3, -0.25) is 0 Å². The number of piperidine rings is 1. The standard InChI is InChI=1S/C20H25N3O2S2/c1-15-6-9-17(10-7-15)21-20(26)22-18-11-8-16(2)14-19(18)27(24,25)23-12-4-3-5-13-23/h6-11,14H,3-5,12-13H2,1-2H3,(H2,21,22,26). The third kappa shape index (κ3) is 4.86.